The Hall–Kier alpha value is -3.46. The molecule has 3 rings (SSSR count). The van der Waals surface area contributed by atoms with E-state index in [0.717, 1.165) is 11.0 Å². The Balaban J connectivity index is 1.74. The summed E-state index contributed by atoms with van der Waals surface area (Å²) in [6, 6.07) is 15.8. The molecule has 1 unspecified atom stereocenters. The number of ether oxygens (including phenoxy) is 1. The number of rotatable bonds is 5. The molecule has 0 fully saturated rings. The van der Waals surface area contributed by atoms with Gasteiger partial charge in [0.15, 0.2) is 0 Å². The Bertz CT molecular complexity index is 968. The number of carbonyl (C=O) groups is 1. The van der Waals surface area contributed by atoms with Crippen molar-refractivity contribution in [2.24, 2.45) is 0 Å². The van der Waals surface area contributed by atoms with Crippen LogP contribution in [0.15, 0.2) is 52.9 Å². The molecular formula is C21H21N3O3. The maximum absolute atomic E-state index is 12.4. The van der Waals surface area contributed by atoms with Gasteiger partial charge in [-0.1, -0.05) is 18.2 Å². The number of hydrogen-bond acceptors (Lipinski definition) is 4. The predicted octanol–water partition coefficient (Wildman–Crippen LogP) is 4.97. The van der Waals surface area contributed by atoms with Crippen molar-refractivity contribution in [1.29, 1.82) is 5.26 Å². The average Bonchev–Trinajstić information content (AvgIpc) is 3.07. The van der Waals surface area contributed by atoms with Crippen LogP contribution in [0.4, 0.5) is 10.5 Å². The molecule has 2 N–H and O–H groups in total. The molecule has 0 aliphatic heterocycles. The van der Waals surface area contributed by atoms with Crippen LogP contribution in [0.1, 0.15) is 38.1 Å². The zero-order valence-corrected chi connectivity index (χ0v) is 15.4. The lowest BCUT2D eigenvalue weighted by atomic mass is 10.2. The van der Waals surface area contributed by atoms with Crippen LogP contribution in [0.3, 0.4) is 0 Å². The Labute approximate surface area is 157 Å². The molecule has 6 heteroatoms. The fourth-order valence-corrected chi connectivity index (χ4v) is 2.70. The quantitative estimate of drug-likeness (QED) is 0.669. The van der Waals surface area contributed by atoms with Gasteiger partial charge in [-0.05, 0) is 51.1 Å². The van der Waals surface area contributed by atoms with Gasteiger partial charge in [-0.3, -0.25) is 0 Å². The summed E-state index contributed by atoms with van der Waals surface area (Å²) in [7, 11) is 0. The Morgan fingerprint density at radius 3 is 2.63 bits per heavy atom. The first-order valence-corrected chi connectivity index (χ1v) is 8.73. The molecule has 1 heterocycles. The molecule has 2 amide bonds. The normalized spacial score (nSPS) is 11.8. The third kappa shape index (κ3) is 4.39. The van der Waals surface area contributed by atoms with E-state index in [1.807, 2.05) is 51.1 Å². The van der Waals surface area contributed by atoms with Gasteiger partial charge >= 0.3 is 6.03 Å². The lowest BCUT2D eigenvalue weighted by molar-refractivity contribution is 0.240. The number of hydrogen-bond donors (Lipinski definition) is 2. The zero-order valence-electron chi connectivity index (χ0n) is 15.4. The highest BCUT2D eigenvalue weighted by atomic mass is 16.5. The van der Waals surface area contributed by atoms with Crippen molar-refractivity contribution < 1.29 is 13.9 Å². The van der Waals surface area contributed by atoms with Gasteiger partial charge in [-0.2, -0.15) is 5.26 Å². The maximum atomic E-state index is 12.4. The number of para-hydroxylation sites is 1. The summed E-state index contributed by atoms with van der Waals surface area (Å²) in [6.07, 6.45) is -0.0592. The number of amides is 2. The highest BCUT2D eigenvalue weighted by Crippen LogP contribution is 2.27. The summed E-state index contributed by atoms with van der Waals surface area (Å²) in [5, 5.41) is 15.7. The molecule has 27 heavy (non-hydrogen) atoms. The summed E-state index contributed by atoms with van der Waals surface area (Å²) in [6.45, 7) is 5.63. The highest BCUT2D eigenvalue weighted by Gasteiger charge is 2.16. The van der Waals surface area contributed by atoms with Crippen molar-refractivity contribution in [2.45, 2.75) is 32.9 Å². The summed E-state index contributed by atoms with van der Waals surface area (Å²) in [5.74, 6) is 1.17. The largest absolute Gasteiger partial charge is 0.489 e. The molecule has 2 aromatic carbocycles. The van der Waals surface area contributed by atoms with Gasteiger partial charge in [0.1, 0.15) is 17.1 Å². The molecule has 0 aliphatic carbocycles. The van der Waals surface area contributed by atoms with Crippen molar-refractivity contribution in [3.05, 3.63) is 59.9 Å². The second-order valence-electron chi connectivity index (χ2n) is 6.50. The number of furan rings is 1. The van der Waals surface area contributed by atoms with Gasteiger partial charge in [0.05, 0.1) is 29.5 Å². The SMILES string of the molecule is CC(C)Oc1ccc(C#N)cc1NC(=O)NC(C)c1cc2ccccc2o1. The lowest BCUT2D eigenvalue weighted by Crippen LogP contribution is -2.31. The van der Waals surface area contributed by atoms with Crippen LogP contribution in [-0.2, 0) is 0 Å². The number of nitrogens with zero attached hydrogens (tertiary/aromatic N) is 1. The molecule has 0 saturated heterocycles. The average molecular weight is 363 g/mol. The number of benzene rings is 2. The van der Waals surface area contributed by atoms with Crippen LogP contribution in [0, 0.1) is 11.3 Å². The smallest absolute Gasteiger partial charge is 0.319 e. The Morgan fingerprint density at radius 2 is 1.93 bits per heavy atom. The highest BCUT2D eigenvalue weighted by molar-refractivity contribution is 5.91. The minimum Gasteiger partial charge on any atom is -0.489 e. The first kappa shape index (κ1) is 18.3. The summed E-state index contributed by atoms with van der Waals surface area (Å²) in [4.78, 5) is 12.4. The van der Waals surface area contributed by atoms with E-state index in [1.165, 1.54) is 0 Å². The van der Waals surface area contributed by atoms with Gasteiger partial charge in [-0.15, -0.1) is 0 Å². The van der Waals surface area contributed by atoms with E-state index >= 15 is 0 Å². The zero-order chi connectivity index (χ0) is 19.4. The van der Waals surface area contributed by atoms with Crippen LogP contribution in [0.5, 0.6) is 5.75 Å². The van der Waals surface area contributed by atoms with Gasteiger partial charge in [0.25, 0.3) is 0 Å². The minimum absolute atomic E-state index is 0.0592. The van der Waals surface area contributed by atoms with Gasteiger partial charge in [0, 0.05) is 5.39 Å². The molecule has 3 aromatic rings. The van der Waals surface area contributed by atoms with Crippen molar-refractivity contribution in [3.8, 4) is 11.8 Å². The van der Waals surface area contributed by atoms with E-state index in [1.54, 1.807) is 18.2 Å². The van der Waals surface area contributed by atoms with Crippen molar-refractivity contribution >= 4 is 22.7 Å². The van der Waals surface area contributed by atoms with E-state index in [4.69, 9.17) is 14.4 Å². The van der Waals surface area contributed by atoms with Gasteiger partial charge in [-0.25, -0.2) is 4.79 Å². The summed E-state index contributed by atoms with van der Waals surface area (Å²) < 4.78 is 11.5. The number of anilines is 1. The second-order valence-corrected chi connectivity index (χ2v) is 6.50. The standard InChI is InChI=1S/C21H21N3O3/c1-13(2)26-19-9-8-15(12-22)10-17(19)24-21(25)23-14(3)20-11-16-6-4-5-7-18(16)27-20/h4-11,13-14H,1-3H3,(H2,23,24,25). The molecule has 1 atom stereocenters. The first-order chi connectivity index (χ1) is 13.0. The molecule has 0 radical (unpaired) electrons. The molecule has 1 aromatic heterocycles. The number of carbonyl (C=O) groups excluding carboxylic acids is 1. The number of fused-ring (bicyclic) bond motifs is 1. The molecule has 0 bridgehead atoms. The monoisotopic (exact) mass is 363 g/mol. The fourth-order valence-electron chi connectivity index (χ4n) is 2.70. The van der Waals surface area contributed by atoms with Crippen LogP contribution >= 0.6 is 0 Å². The fraction of sp³-hybridized carbons (Fsp3) is 0.238. The summed E-state index contributed by atoms with van der Waals surface area (Å²) in [5.41, 5.74) is 1.65. The van der Waals surface area contributed by atoms with Crippen molar-refractivity contribution in [1.82, 2.24) is 5.32 Å². The van der Waals surface area contributed by atoms with E-state index < -0.39 is 6.03 Å². The maximum Gasteiger partial charge on any atom is 0.319 e. The van der Waals surface area contributed by atoms with E-state index in [2.05, 4.69) is 16.7 Å². The molecule has 138 valence electrons. The van der Waals surface area contributed by atoms with Crippen LogP contribution in [-0.4, -0.2) is 12.1 Å². The molecule has 0 saturated carbocycles. The van der Waals surface area contributed by atoms with Crippen molar-refractivity contribution in [2.75, 3.05) is 5.32 Å². The third-order valence-electron chi connectivity index (χ3n) is 3.94. The van der Waals surface area contributed by atoms with Crippen LogP contribution in [0.2, 0.25) is 0 Å². The molecular weight excluding hydrogens is 342 g/mol. The van der Waals surface area contributed by atoms with Crippen molar-refractivity contribution in [3.63, 3.8) is 0 Å². The third-order valence-corrected chi connectivity index (χ3v) is 3.94. The molecule has 0 aliphatic rings. The lowest BCUT2D eigenvalue weighted by Gasteiger charge is -2.17. The van der Waals surface area contributed by atoms with E-state index in [-0.39, 0.29) is 12.1 Å². The predicted molar refractivity (Wildman–Crippen MR) is 104 cm³/mol. The van der Waals surface area contributed by atoms with E-state index in [0.29, 0.717) is 22.8 Å². The number of nitrogens with one attached hydrogen (secondary N) is 2. The van der Waals surface area contributed by atoms with Crippen LogP contribution in [0.25, 0.3) is 11.0 Å². The number of urea groups is 1. The molecule has 0 spiro atoms. The second kappa shape index (κ2) is 7.83. The van der Waals surface area contributed by atoms with Gasteiger partial charge in [0.2, 0.25) is 0 Å². The Kier molecular flexibility index (Phi) is 5.32. The van der Waals surface area contributed by atoms with Gasteiger partial charge < -0.3 is 19.8 Å². The minimum atomic E-state index is -0.411. The first-order valence-electron chi connectivity index (χ1n) is 8.73. The van der Waals surface area contributed by atoms with E-state index in [9.17, 15) is 4.79 Å². The Morgan fingerprint density at radius 1 is 1.15 bits per heavy atom. The number of nitriles is 1. The molecule has 6 nitrogen and oxygen atoms in total. The summed E-state index contributed by atoms with van der Waals surface area (Å²) >= 11 is 0. The topological polar surface area (TPSA) is 87.3 Å². The van der Waals surface area contributed by atoms with Crippen LogP contribution < -0.4 is 15.4 Å².